The van der Waals surface area contributed by atoms with Gasteiger partial charge in [0.2, 0.25) is 0 Å². The fraction of sp³-hybridized carbons (Fsp3) is 0.286. The molecule has 5 nitrogen and oxygen atoms in total. The van der Waals surface area contributed by atoms with Crippen molar-refractivity contribution in [1.29, 1.82) is 0 Å². The first-order valence-corrected chi connectivity index (χ1v) is 6.15. The second-order valence-electron chi connectivity index (χ2n) is 4.45. The van der Waals surface area contributed by atoms with Crippen molar-refractivity contribution in [3.8, 4) is 5.75 Å². The fourth-order valence-electron chi connectivity index (χ4n) is 1.84. The van der Waals surface area contributed by atoms with Gasteiger partial charge in [-0.1, -0.05) is 6.92 Å². The zero-order valence-corrected chi connectivity index (χ0v) is 11.3. The highest BCUT2D eigenvalue weighted by atomic mass is 16.3. The molecular weight excluding hydrogens is 242 g/mol. The molecule has 1 heterocycles. The van der Waals surface area contributed by atoms with Gasteiger partial charge in [-0.15, -0.1) is 0 Å². The van der Waals surface area contributed by atoms with Crippen molar-refractivity contribution < 1.29 is 9.90 Å². The summed E-state index contributed by atoms with van der Waals surface area (Å²) in [7, 11) is 1.75. The summed E-state index contributed by atoms with van der Waals surface area (Å²) in [5, 5.41) is 16.5. The molecule has 0 saturated heterocycles. The standard InChI is InChI=1S/C14H17N3O2/c1-4-10-8-12(17(3)16-10)14(19)15-11-5-6-13(18)9(2)7-11/h5-8,18H,4H2,1-3H3,(H,15,19). The summed E-state index contributed by atoms with van der Waals surface area (Å²) < 4.78 is 1.57. The minimum absolute atomic E-state index is 0.209. The van der Waals surface area contributed by atoms with E-state index in [4.69, 9.17) is 0 Å². The summed E-state index contributed by atoms with van der Waals surface area (Å²) in [6, 6.07) is 6.73. The van der Waals surface area contributed by atoms with Crippen molar-refractivity contribution in [2.24, 2.45) is 7.05 Å². The molecule has 0 fully saturated rings. The van der Waals surface area contributed by atoms with Crippen molar-refractivity contribution in [3.05, 3.63) is 41.2 Å². The Morgan fingerprint density at radius 3 is 2.74 bits per heavy atom. The zero-order chi connectivity index (χ0) is 14.0. The number of benzene rings is 1. The van der Waals surface area contributed by atoms with Gasteiger partial charge in [0.1, 0.15) is 11.4 Å². The maximum Gasteiger partial charge on any atom is 0.273 e. The lowest BCUT2D eigenvalue weighted by atomic mass is 10.2. The Kier molecular flexibility index (Phi) is 3.55. The zero-order valence-electron chi connectivity index (χ0n) is 11.3. The first kappa shape index (κ1) is 13.1. The number of rotatable bonds is 3. The van der Waals surface area contributed by atoms with Crippen LogP contribution in [0, 0.1) is 6.92 Å². The molecule has 1 aromatic carbocycles. The van der Waals surface area contributed by atoms with E-state index < -0.39 is 0 Å². The summed E-state index contributed by atoms with van der Waals surface area (Å²) in [4.78, 5) is 12.1. The van der Waals surface area contributed by atoms with Gasteiger partial charge in [-0.25, -0.2) is 0 Å². The second-order valence-corrected chi connectivity index (χ2v) is 4.45. The number of hydrogen-bond acceptors (Lipinski definition) is 3. The smallest absolute Gasteiger partial charge is 0.273 e. The van der Waals surface area contributed by atoms with Gasteiger partial charge in [-0.3, -0.25) is 9.48 Å². The Morgan fingerprint density at radius 2 is 2.16 bits per heavy atom. The molecule has 0 aliphatic carbocycles. The van der Waals surface area contributed by atoms with Crippen LogP contribution >= 0.6 is 0 Å². The number of hydrogen-bond donors (Lipinski definition) is 2. The average molecular weight is 259 g/mol. The highest BCUT2D eigenvalue weighted by Gasteiger charge is 2.13. The lowest BCUT2D eigenvalue weighted by Crippen LogP contribution is -2.16. The van der Waals surface area contributed by atoms with E-state index in [-0.39, 0.29) is 11.7 Å². The van der Waals surface area contributed by atoms with Crippen LogP contribution in [-0.2, 0) is 13.5 Å². The van der Waals surface area contributed by atoms with Gasteiger partial charge in [-0.05, 0) is 43.2 Å². The summed E-state index contributed by atoms with van der Waals surface area (Å²) in [6.07, 6.45) is 0.791. The molecular formula is C14H17N3O2. The second kappa shape index (κ2) is 5.14. The molecule has 0 atom stereocenters. The van der Waals surface area contributed by atoms with Crippen molar-refractivity contribution in [3.63, 3.8) is 0 Å². The van der Waals surface area contributed by atoms with Crippen LogP contribution in [0.3, 0.4) is 0 Å². The number of aryl methyl sites for hydroxylation is 3. The molecule has 0 saturated carbocycles. The minimum atomic E-state index is -0.209. The molecule has 0 radical (unpaired) electrons. The van der Waals surface area contributed by atoms with Crippen LogP contribution in [0.4, 0.5) is 5.69 Å². The summed E-state index contributed by atoms with van der Waals surface area (Å²) in [5.74, 6) is 0.00610. The van der Waals surface area contributed by atoms with Gasteiger partial charge in [0.05, 0.1) is 5.69 Å². The summed E-state index contributed by atoms with van der Waals surface area (Å²) in [5.41, 5.74) is 2.77. The number of amides is 1. The van der Waals surface area contributed by atoms with Gasteiger partial charge < -0.3 is 10.4 Å². The van der Waals surface area contributed by atoms with Crippen molar-refractivity contribution in [2.45, 2.75) is 20.3 Å². The van der Waals surface area contributed by atoms with Crippen molar-refractivity contribution >= 4 is 11.6 Å². The number of phenolic OH excluding ortho intramolecular Hbond substituents is 1. The number of phenols is 1. The number of carbonyl (C=O) groups is 1. The topological polar surface area (TPSA) is 67.2 Å². The Bertz CT molecular complexity index is 617. The molecule has 2 aromatic rings. The van der Waals surface area contributed by atoms with Gasteiger partial charge in [0, 0.05) is 12.7 Å². The van der Waals surface area contributed by atoms with E-state index in [1.165, 1.54) is 0 Å². The van der Waals surface area contributed by atoms with Crippen molar-refractivity contribution in [1.82, 2.24) is 9.78 Å². The highest BCUT2D eigenvalue weighted by Crippen LogP contribution is 2.20. The van der Waals surface area contributed by atoms with Gasteiger partial charge in [-0.2, -0.15) is 5.10 Å². The summed E-state index contributed by atoms with van der Waals surface area (Å²) >= 11 is 0. The van der Waals surface area contributed by atoms with E-state index >= 15 is 0 Å². The third-order valence-electron chi connectivity index (χ3n) is 2.98. The Labute approximate surface area is 111 Å². The monoisotopic (exact) mass is 259 g/mol. The molecule has 0 aliphatic heterocycles. The first-order valence-electron chi connectivity index (χ1n) is 6.15. The van der Waals surface area contributed by atoms with Crippen LogP contribution in [0.15, 0.2) is 24.3 Å². The third kappa shape index (κ3) is 2.76. The predicted octanol–water partition coefficient (Wildman–Crippen LogP) is 2.25. The number of anilines is 1. The molecule has 0 spiro atoms. The van der Waals surface area contributed by atoms with E-state index in [2.05, 4.69) is 10.4 Å². The molecule has 0 bridgehead atoms. The van der Waals surface area contributed by atoms with E-state index in [0.29, 0.717) is 11.4 Å². The Morgan fingerprint density at radius 1 is 1.42 bits per heavy atom. The molecule has 0 unspecified atom stereocenters. The largest absolute Gasteiger partial charge is 0.508 e. The number of carbonyl (C=O) groups excluding carboxylic acids is 1. The molecule has 1 aromatic heterocycles. The van der Waals surface area contributed by atoms with E-state index in [9.17, 15) is 9.90 Å². The fourth-order valence-corrected chi connectivity index (χ4v) is 1.84. The normalized spacial score (nSPS) is 10.5. The maximum absolute atomic E-state index is 12.1. The van der Waals surface area contributed by atoms with Crippen LogP contribution in [0.5, 0.6) is 5.75 Å². The van der Waals surface area contributed by atoms with E-state index in [1.807, 2.05) is 6.92 Å². The molecule has 5 heteroatoms. The SMILES string of the molecule is CCc1cc(C(=O)Nc2ccc(O)c(C)c2)n(C)n1. The minimum Gasteiger partial charge on any atom is -0.508 e. The highest BCUT2D eigenvalue weighted by molar-refractivity contribution is 6.03. The Hall–Kier alpha value is -2.30. The number of nitrogens with zero attached hydrogens (tertiary/aromatic N) is 2. The first-order chi connectivity index (χ1) is 9.01. The summed E-state index contributed by atoms with van der Waals surface area (Å²) in [6.45, 7) is 3.78. The lowest BCUT2D eigenvalue weighted by molar-refractivity contribution is 0.101. The van der Waals surface area contributed by atoms with Gasteiger partial charge >= 0.3 is 0 Å². The molecule has 2 rings (SSSR count). The molecule has 1 amide bonds. The van der Waals surface area contributed by atoms with Crippen LogP contribution in [0.2, 0.25) is 0 Å². The van der Waals surface area contributed by atoms with E-state index in [0.717, 1.165) is 17.7 Å². The predicted molar refractivity (Wildman–Crippen MR) is 73.4 cm³/mol. The van der Waals surface area contributed by atoms with Crippen LogP contribution < -0.4 is 5.32 Å². The van der Waals surface area contributed by atoms with Crippen molar-refractivity contribution in [2.75, 3.05) is 5.32 Å². The van der Waals surface area contributed by atoms with Crippen LogP contribution in [0.25, 0.3) is 0 Å². The number of nitrogens with one attached hydrogen (secondary N) is 1. The lowest BCUT2D eigenvalue weighted by Gasteiger charge is -2.07. The van der Waals surface area contributed by atoms with Crippen LogP contribution in [-0.4, -0.2) is 20.8 Å². The van der Waals surface area contributed by atoms with Crippen LogP contribution in [0.1, 0.15) is 28.7 Å². The maximum atomic E-state index is 12.1. The Balaban J connectivity index is 2.20. The average Bonchev–Trinajstić information content (AvgIpc) is 2.75. The molecule has 19 heavy (non-hydrogen) atoms. The number of aromatic nitrogens is 2. The van der Waals surface area contributed by atoms with Gasteiger partial charge in [0.25, 0.3) is 5.91 Å². The molecule has 0 aliphatic rings. The molecule has 100 valence electrons. The quantitative estimate of drug-likeness (QED) is 0.831. The van der Waals surface area contributed by atoms with Gasteiger partial charge in [0.15, 0.2) is 0 Å². The molecule has 2 N–H and O–H groups in total. The third-order valence-corrected chi connectivity index (χ3v) is 2.98. The van der Waals surface area contributed by atoms with E-state index in [1.54, 1.807) is 42.9 Å². The number of aromatic hydroxyl groups is 1.